The van der Waals surface area contributed by atoms with E-state index in [-0.39, 0.29) is 19.1 Å². The van der Waals surface area contributed by atoms with Crippen LogP contribution in [0.3, 0.4) is 0 Å². The number of nitrogens with zero attached hydrogens (tertiary/aromatic N) is 1. The zero-order valence-corrected chi connectivity index (χ0v) is 9.50. The van der Waals surface area contributed by atoms with Crippen LogP contribution in [-0.2, 0) is 0 Å². The largest absolute Gasteiger partial charge is 0.478 e. The molecule has 1 aromatic rings. The predicted molar refractivity (Wildman–Crippen MR) is 57.6 cm³/mol. The van der Waals surface area contributed by atoms with Gasteiger partial charge >= 0.3 is 6.18 Å². The van der Waals surface area contributed by atoms with E-state index in [1.165, 1.54) is 6.20 Å². The molecule has 17 heavy (non-hydrogen) atoms. The van der Waals surface area contributed by atoms with Crippen LogP contribution >= 0.6 is 0 Å². The molecular formula is C11H15F3N2O. The van der Waals surface area contributed by atoms with Crippen LogP contribution in [0, 0.1) is 0 Å². The van der Waals surface area contributed by atoms with Gasteiger partial charge < -0.3 is 10.5 Å². The number of halogens is 3. The van der Waals surface area contributed by atoms with E-state index in [1.54, 1.807) is 12.1 Å². The van der Waals surface area contributed by atoms with E-state index in [9.17, 15) is 13.2 Å². The highest BCUT2D eigenvalue weighted by Crippen LogP contribution is 2.21. The summed E-state index contributed by atoms with van der Waals surface area (Å²) in [5.74, 6) is 0.307. The summed E-state index contributed by atoms with van der Waals surface area (Å²) in [5, 5.41) is 0. The Morgan fingerprint density at radius 1 is 1.47 bits per heavy atom. The Hall–Kier alpha value is -1.30. The van der Waals surface area contributed by atoms with Crippen molar-refractivity contribution in [2.24, 2.45) is 5.73 Å². The lowest BCUT2D eigenvalue weighted by molar-refractivity contribution is -0.136. The van der Waals surface area contributed by atoms with E-state index in [0.29, 0.717) is 5.88 Å². The summed E-state index contributed by atoms with van der Waals surface area (Å²) < 4.78 is 40.7. The van der Waals surface area contributed by atoms with E-state index in [4.69, 9.17) is 10.5 Å². The van der Waals surface area contributed by atoms with Gasteiger partial charge in [-0.3, -0.25) is 0 Å². The fourth-order valence-corrected chi connectivity index (χ4v) is 1.24. The molecule has 0 saturated heterocycles. The number of nitrogens with two attached hydrogens (primary N) is 1. The SMILES string of the molecule is C[C@@H](N)c1ccnc(OCCCC(F)(F)F)c1. The van der Waals surface area contributed by atoms with Crippen molar-refractivity contribution in [2.45, 2.75) is 32.0 Å². The maximum absolute atomic E-state index is 11.9. The van der Waals surface area contributed by atoms with Crippen LogP contribution in [0.15, 0.2) is 18.3 Å². The minimum absolute atomic E-state index is 0.00504. The molecule has 0 spiro atoms. The standard InChI is InChI=1S/C11H15F3N2O/c1-8(15)9-3-5-16-10(7-9)17-6-2-4-11(12,13)14/h3,5,7-8H,2,4,6,15H2,1H3/t8-/m1/s1. The van der Waals surface area contributed by atoms with Crippen LogP contribution in [-0.4, -0.2) is 17.8 Å². The number of ether oxygens (including phenoxy) is 1. The van der Waals surface area contributed by atoms with E-state index >= 15 is 0 Å². The molecule has 0 fully saturated rings. The first-order valence-electron chi connectivity index (χ1n) is 5.29. The van der Waals surface area contributed by atoms with Crippen LogP contribution in [0.5, 0.6) is 5.88 Å². The van der Waals surface area contributed by atoms with Crippen LogP contribution in [0.2, 0.25) is 0 Å². The molecule has 6 heteroatoms. The minimum atomic E-state index is -4.13. The molecule has 0 amide bonds. The molecule has 0 aliphatic rings. The number of rotatable bonds is 5. The molecule has 0 bridgehead atoms. The number of alkyl halides is 3. The summed E-state index contributed by atoms with van der Waals surface area (Å²) in [6.07, 6.45) is -3.53. The van der Waals surface area contributed by atoms with E-state index in [2.05, 4.69) is 4.98 Å². The third-order valence-corrected chi connectivity index (χ3v) is 2.14. The predicted octanol–water partition coefficient (Wildman–Crippen LogP) is 2.82. The summed E-state index contributed by atoms with van der Waals surface area (Å²) in [4.78, 5) is 3.90. The molecule has 1 atom stereocenters. The number of pyridine rings is 1. The summed E-state index contributed by atoms with van der Waals surface area (Å²) in [6, 6.07) is 3.22. The normalized spacial score (nSPS) is 13.5. The van der Waals surface area contributed by atoms with Gasteiger partial charge in [-0.25, -0.2) is 4.98 Å². The van der Waals surface area contributed by atoms with Crippen molar-refractivity contribution < 1.29 is 17.9 Å². The third-order valence-electron chi connectivity index (χ3n) is 2.14. The quantitative estimate of drug-likeness (QED) is 0.815. The zero-order valence-electron chi connectivity index (χ0n) is 9.50. The molecule has 0 unspecified atom stereocenters. The molecule has 0 saturated carbocycles. The molecule has 1 aromatic heterocycles. The number of hydrogen-bond acceptors (Lipinski definition) is 3. The van der Waals surface area contributed by atoms with Gasteiger partial charge in [0.1, 0.15) is 0 Å². The first-order chi connectivity index (χ1) is 7.88. The molecule has 0 aliphatic heterocycles. The number of aromatic nitrogens is 1. The molecule has 96 valence electrons. The Kier molecular flexibility index (Phi) is 4.74. The van der Waals surface area contributed by atoms with Crippen molar-refractivity contribution in [1.82, 2.24) is 4.98 Å². The Morgan fingerprint density at radius 2 is 2.18 bits per heavy atom. The van der Waals surface area contributed by atoms with Crippen molar-refractivity contribution in [3.63, 3.8) is 0 Å². The molecule has 3 nitrogen and oxygen atoms in total. The van der Waals surface area contributed by atoms with Crippen LogP contribution in [0.1, 0.15) is 31.4 Å². The van der Waals surface area contributed by atoms with Crippen molar-refractivity contribution in [2.75, 3.05) is 6.61 Å². The van der Waals surface area contributed by atoms with Crippen molar-refractivity contribution in [3.05, 3.63) is 23.9 Å². The first-order valence-corrected chi connectivity index (χ1v) is 5.29. The van der Waals surface area contributed by atoms with Gasteiger partial charge in [0.05, 0.1) is 6.61 Å². The lowest BCUT2D eigenvalue weighted by Crippen LogP contribution is -2.10. The molecular weight excluding hydrogens is 233 g/mol. The van der Waals surface area contributed by atoms with E-state index in [0.717, 1.165) is 5.56 Å². The first kappa shape index (κ1) is 13.8. The lowest BCUT2D eigenvalue weighted by atomic mass is 10.1. The van der Waals surface area contributed by atoms with Gasteiger partial charge in [0, 0.05) is 24.7 Å². The van der Waals surface area contributed by atoms with Crippen molar-refractivity contribution in [1.29, 1.82) is 0 Å². The van der Waals surface area contributed by atoms with Crippen molar-refractivity contribution >= 4 is 0 Å². The van der Waals surface area contributed by atoms with Gasteiger partial charge in [-0.2, -0.15) is 13.2 Å². The van der Waals surface area contributed by atoms with Gasteiger partial charge in [-0.05, 0) is 25.0 Å². The molecule has 0 aliphatic carbocycles. The Balaban J connectivity index is 2.39. The fourth-order valence-electron chi connectivity index (χ4n) is 1.24. The molecule has 1 heterocycles. The Labute approximate surface area is 97.8 Å². The zero-order chi connectivity index (χ0) is 12.9. The highest BCUT2D eigenvalue weighted by molar-refractivity contribution is 5.22. The van der Waals surface area contributed by atoms with Crippen molar-refractivity contribution in [3.8, 4) is 5.88 Å². The summed E-state index contributed by atoms with van der Waals surface area (Å²) in [6.45, 7) is 1.80. The van der Waals surface area contributed by atoms with Crippen LogP contribution in [0.4, 0.5) is 13.2 Å². The maximum Gasteiger partial charge on any atom is 0.389 e. The van der Waals surface area contributed by atoms with Crippen LogP contribution < -0.4 is 10.5 Å². The average molecular weight is 248 g/mol. The minimum Gasteiger partial charge on any atom is -0.478 e. The second-order valence-corrected chi connectivity index (χ2v) is 3.78. The molecule has 0 radical (unpaired) electrons. The van der Waals surface area contributed by atoms with Gasteiger partial charge in [-0.1, -0.05) is 0 Å². The topological polar surface area (TPSA) is 48.1 Å². The van der Waals surface area contributed by atoms with E-state index in [1.807, 2.05) is 6.92 Å². The monoisotopic (exact) mass is 248 g/mol. The summed E-state index contributed by atoms with van der Waals surface area (Å²) in [5.41, 5.74) is 6.50. The third kappa shape index (κ3) is 5.53. The van der Waals surface area contributed by atoms with Gasteiger partial charge in [0.15, 0.2) is 0 Å². The van der Waals surface area contributed by atoms with E-state index < -0.39 is 12.6 Å². The highest BCUT2D eigenvalue weighted by Gasteiger charge is 2.26. The summed E-state index contributed by atoms with van der Waals surface area (Å²) in [7, 11) is 0. The fraction of sp³-hybridized carbons (Fsp3) is 0.545. The molecule has 0 aromatic carbocycles. The Bertz CT molecular complexity index is 353. The smallest absolute Gasteiger partial charge is 0.389 e. The lowest BCUT2D eigenvalue weighted by Gasteiger charge is -2.09. The molecule has 1 rings (SSSR count). The van der Waals surface area contributed by atoms with Gasteiger partial charge in [0.2, 0.25) is 5.88 Å². The average Bonchev–Trinajstić information content (AvgIpc) is 2.23. The summed E-state index contributed by atoms with van der Waals surface area (Å²) >= 11 is 0. The highest BCUT2D eigenvalue weighted by atomic mass is 19.4. The molecule has 2 N–H and O–H groups in total. The number of hydrogen-bond donors (Lipinski definition) is 1. The van der Waals surface area contributed by atoms with Crippen LogP contribution in [0.25, 0.3) is 0 Å². The van der Waals surface area contributed by atoms with Gasteiger partial charge in [0.25, 0.3) is 0 Å². The second kappa shape index (κ2) is 5.86. The maximum atomic E-state index is 11.9. The van der Waals surface area contributed by atoms with Gasteiger partial charge in [-0.15, -0.1) is 0 Å². The Morgan fingerprint density at radius 3 is 2.76 bits per heavy atom. The second-order valence-electron chi connectivity index (χ2n) is 3.78.